The molecule has 1 aromatic heterocycles. The van der Waals surface area contributed by atoms with E-state index in [4.69, 9.17) is 5.73 Å². The van der Waals surface area contributed by atoms with Gasteiger partial charge in [-0.1, -0.05) is 58.9 Å². The zero-order valence-electron chi connectivity index (χ0n) is 12.0. The van der Waals surface area contributed by atoms with Gasteiger partial charge in [-0.15, -0.1) is 0 Å². The third-order valence-electron chi connectivity index (χ3n) is 2.16. The number of hydrogen-bond acceptors (Lipinski definition) is 3. The summed E-state index contributed by atoms with van der Waals surface area (Å²) in [6.45, 7) is 12.1. The first-order chi connectivity index (χ1) is 8.59. The van der Waals surface area contributed by atoms with Crippen LogP contribution in [0.1, 0.15) is 53.0 Å². The molecule has 0 amide bonds. The van der Waals surface area contributed by atoms with Gasteiger partial charge in [-0.05, 0) is 17.5 Å². The number of halogens is 1. The lowest BCUT2D eigenvalue weighted by Gasteiger charge is -2.05. The highest BCUT2D eigenvalue weighted by Crippen LogP contribution is 2.32. The van der Waals surface area contributed by atoms with Crippen LogP contribution in [0.3, 0.4) is 0 Å². The Kier molecular flexibility index (Phi) is 7.51. The molecule has 0 saturated heterocycles. The van der Waals surface area contributed by atoms with Gasteiger partial charge in [0.1, 0.15) is 11.3 Å². The molecule has 0 spiro atoms. The highest BCUT2D eigenvalue weighted by Gasteiger charge is 2.12. The number of thiazole rings is 1. The fourth-order valence-corrected chi connectivity index (χ4v) is 2.47. The molecule has 1 aromatic carbocycles. The molecule has 2 N–H and O–H groups in total. The number of benzene rings is 1. The van der Waals surface area contributed by atoms with E-state index >= 15 is 0 Å². The second-order valence-corrected chi connectivity index (χ2v) is 4.55. The van der Waals surface area contributed by atoms with Gasteiger partial charge in [0.2, 0.25) is 0 Å². The molecule has 2 aromatic rings. The molecule has 0 aliphatic heterocycles. The van der Waals surface area contributed by atoms with Crippen molar-refractivity contribution in [3.8, 4) is 0 Å². The van der Waals surface area contributed by atoms with Crippen LogP contribution >= 0.6 is 11.3 Å². The number of nitrogens with zero attached hydrogens (tertiary/aromatic N) is 1. The van der Waals surface area contributed by atoms with Crippen molar-refractivity contribution >= 4 is 26.7 Å². The summed E-state index contributed by atoms with van der Waals surface area (Å²) in [7, 11) is 0. The Morgan fingerprint density at radius 3 is 2.22 bits per heavy atom. The molecule has 0 unspecified atom stereocenters. The third-order valence-corrected chi connectivity index (χ3v) is 3.10. The Morgan fingerprint density at radius 1 is 1.17 bits per heavy atom. The molecule has 0 fully saturated rings. The van der Waals surface area contributed by atoms with Crippen molar-refractivity contribution in [2.24, 2.45) is 0 Å². The maximum Gasteiger partial charge on any atom is 0.181 e. The summed E-state index contributed by atoms with van der Waals surface area (Å²) in [5, 5.41) is 0.423. The van der Waals surface area contributed by atoms with E-state index in [1.54, 1.807) is 6.07 Å². The van der Waals surface area contributed by atoms with Gasteiger partial charge in [0.05, 0.1) is 4.70 Å². The largest absolute Gasteiger partial charge is 0.375 e. The Bertz CT molecular complexity index is 478. The van der Waals surface area contributed by atoms with E-state index in [-0.39, 0.29) is 5.82 Å². The second-order valence-electron chi connectivity index (χ2n) is 3.52. The lowest BCUT2D eigenvalue weighted by molar-refractivity contribution is 0.636. The van der Waals surface area contributed by atoms with E-state index in [9.17, 15) is 4.39 Å². The number of aromatic nitrogens is 1. The smallest absolute Gasteiger partial charge is 0.181 e. The van der Waals surface area contributed by atoms with Crippen LogP contribution in [-0.4, -0.2) is 4.98 Å². The fourth-order valence-electron chi connectivity index (χ4n) is 1.47. The van der Waals surface area contributed by atoms with Crippen molar-refractivity contribution in [3.63, 3.8) is 0 Å². The Labute approximate surface area is 113 Å². The number of rotatable bonds is 1. The molecule has 4 heteroatoms. The highest BCUT2D eigenvalue weighted by atomic mass is 32.1. The molecular weight excluding hydrogens is 247 g/mol. The van der Waals surface area contributed by atoms with Crippen molar-refractivity contribution in [2.75, 3.05) is 5.73 Å². The van der Waals surface area contributed by atoms with Crippen molar-refractivity contribution < 1.29 is 4.39 Å². The lowest BCUT2D eigenvalue weighted by Crippen LogP contribution is -1.89. The van der Waals surface area contributed by atoms with Gasteiger partial charge in [-0.25, -0.2) is 9.37 Å². The van der Waals surface area contributed by atoms with E-state index in [0.29, 0.717) is 16.6 Å². The topological polar surface area (TPSA) is 38.9 Å². The van der Waals surface area contributed by atoms with Gasteiger partial charge < -0.3 is 5.73 Å². The van der Waals surface area contributed by atoms with E-state index in [2.05, 4.69) is 18.8 Å². The molecule has 0 radical (unpaired) electrons. The molecule has 102 valence electrons. The molecule has 0 aliphatic rings. The van der Waals surface area contributed by atoms with Gasteiger partial charge in [-0.2, -0.15) is 0 Å². The van der Waals surface area contributed by atoms with E-state index < -0.39 is 0 Å². The predicted octanol–water partition coefficient (Wildman–Crippen LogP) is 5.19. The molecular formula is C14H23FN2S. The van der Waals surface area contributed by atoms with Crippen molar-refractivity contribution in [1.82, 2.24) is 4.98 Å². The van der Waals surface area contributed by atoms with Crippen LogP contribution < -0.4 is 5.73 Å². The summed E-state index contributed by atoms with van der Waals surface area (Å²) < 4.78 is 14.2. The van der Waals surface area contributed by atoms with Crippen molar-refractivity contribution in [3.05, 3.63) is 23.5 Å². The first-order valence-electron chi connectivity index (χ1n) is 6.44. The quantitative estimate of drug-likeness (QED) is 0.774. The summed E-state index contributed by atoms with van der Waals surface area (Å²) >= 11 is 1.35. The minimum Gasteiger partial charge on any atom is -0.375 e. The minimum absolute atomic E-state index is 0.294. The highest BCUT2D eigenvalue weighted by molar-refractivity contribution is 7.22. The molecule has 0 saturated carbocycles. The Balaban J connectivity index is 0.000000659. The average molecular weight is 270 g/mol. The van der Waals surface area contributed by atoms with Gasteiger partial charge in [0.15, 0.2) is 5.13 Å². The number of fused-ring (bicyclic) bond motifs is 1. The maximum atomic E-state index is 13.3. The molecule has 2 nitrogen and oxygen atoms in total. The average Bonchev–Trinajstić information content (AvgIpc) is 2.76. The molecule has 0 atom stereocenters. The minimum atomic E-state index is -0.294. The zero-order chi connectivity index (χ0) is 14.3. The summed E-state index contributed by atoms with van der Waals surface area (Å²) in [6, 6.07) is 3.26. The van der Waals surface area contributed by atoms with E-state index in [1.165, 1.54) is 17.4 Å². The van der Waals surface area contributed by atoms with Gasteiger partial charge in [0, 0.05) is 0 Å². The number of anilines is 1. The first-order valence-corrected chi connectivity index (χ1v) is 7.25. The summed E-state index contributed by atoms with van der Waals surface area (Å²) in [5.41, 5.74) is 7.08. The van der Waals surface area contributed by atoms with Crippen molar-refractivity contribution in [1.29, 1.82) is 0 Å². The van der Waals surface area contributed by atoms with Gasteiger partial charge >= 0.3 is 0 Å². The van der Waals surface area contributed by atoms with Crippen LogP contribution in [0.5, 0.6) is 0 Å². The predicted molar refractivity (Wildman–Crippen MR) is 80.8 cm³/mol. The normalized spacial score (nSPS) is 9.56. The number of nitrogens with two attached hydrogens (primary N) is 1. The zero-order valence-corrected chi connectivity index (χ0v) is 12.9. The first kappa shape index (κ1) is 16.8. The molecule has 18 heavy (non-hydrogen) atoms. The molecule has 0 aliphatic carbocycles. The Hall–Kier alpha value is -1.16. The monoisotopic (exact) mass is 270 g/mol. The second kappa shape index (κ2) is 8.03. The summed E-state index contributed by atoms with van der Waals surface area (Å²) in [6.07, 6.45) is 0. The van der Waals surface area contributed by atoms with Crippen LogP contribution in [0.4, 0.5) is 9.52 Å². The van der Waals surface area contributed by atoms with Crippen LogP contribution in [0.2, 0.25) is 0 Å². The molecule has 0 bridgehead atoms. The third kappa shape index (κ3) is 3.67. The standard InChI is InChI=1S/C10H11FN2S.2C2H6/c1-5(2)6-3-4-7(11)8-9(6)14-10(12)13-8;2*1-2/h3-5H,1-2H3,(H2,12,13);2*1-2H3. The number of hydrogen-bond donors (Lipinski definition) is 1. The van der Waals surface area contributed by atoms with Gasteiger partial charge in [0.25, 0.3) is 0 Å². The maximum absolute atomic E-state index is 13.3. The fraction of sp³-hybridized carbons (Fsp3) is 0.500. The summed E-state index contributed by atoms with van der Waals surface area (Å²) in [4.78, 5) is 3.98. The van der Waals surface area contributed by atoms with E-state index in [0.717, 1.165) is 10.3 Å². The SMILES string of the molecule is CC.CC.CC(C)c1ccc(F)c2nc(N)sc12. The van der Waals surface area contributed by atoms with Crippen LogP contribution in [0.25, 0.3) is 10.2 Å². The molecule has 1 heterocycles. The Morgan fingerprint density at radius 2 is 1.72 bits per heavy atom. The van der Waals surface area contributed by atoms with Crippen LogP contribution in [-0.2, 0) is 0 Å². The molecule has 2 rings (SSSR count). The van der Waals surface area contributed by atoms with Gasteiger partial charge in [-0.3, -0.25) is 0 Å². The lowest BCUT2D eigenvalue weighted by atomic mass is 10.0. The summed E-state index contributed by atoms with van der Waals surface area (Å²) in [5.74, 6) is 0.0651. The van der Waals surface area contributed by atoms with Crippen LogP contribution in [0.15, 0.2) is 12.1 Å². The van der Waals surface area contributed by atoms with E-state index in [1.807, 2.05) is 27.7 Å². The van der Waals surface area contributed by atoms with Crippen LogP contribution in [0, 0.1) is 5.82 Å². The van der Waals surface area contributed by atoms with Crippen molar-refractivity contribution in [2.45, 2.75) is 47.5 Å². The number of nitrogen functional groups attached to an aromatic ring is 1.